The minimum absolute atomic E-state index is 0.0548. The molecule has 33 heavy (non-hydrogen) atoms. The van der Waals surface area contributed by atoms with E-state index in [0.29, 0.717) is 30.3 Å². The summed E-state index contributed by atoms with van der Waals surface area (Å²) in [5, 5.41) is 13.5. The monoisotopic (exact) mass is 443 g/mol. The Morgan fingerprint density at radius 2 is 1.97 bits per heavy atom. The van der Waals surface area contributed by atoms with Gasteiger partial charge in [0.15, 0.2) is 11.5 Å². The van der Waals surface area contributed by atoms with Gasteiger partial charge in [-0.1, -0.05) is 35.9 Å². The second-order valence-corrected chi connectivity index (χ2v) is 7.22. The molecule has 3 rings (SSSR count). The van der Waals surface area contributed by atoms with Gasteiger partial charge in [-0.2, -0.15) is 10.4 Å². The van der Waals surface area contributed by atoms with Gasteiger partial charge in [0.2, 0.25) is 5.95 Å². The molecule has 168 valence electrons. The number of aromatic amines is 1. The van der Waals surface area contributed by atoms with Crippen molar-refractivity contribution in [2.45, 2.75) is 20.8 Å². The SMILES string of the molecule is CCOc1cc(C=NNc2nc(-c3ccccc3)c(C#N)c(=O)[nH]2)ccc1OCC=C(C)C. The highest BCUT2D eigenvalue weighted by Gasteiger charge is 2.13. The zero-order chi connectivity index (χ0) is 23.6. The minimum Gasteiger partial charge on any atom is -0.490 e. The summed E-state index contributed by atoms with van der Waals surface area (Å²) in [7, 11) is 0. The topological polar surface area (TPSA) is 112 Å². The van der Waals surface area contributed by atoms with Gasteiger partial charge in [-0.05, 0) is 50.6 Å². The summed E-state index contributed by atoms with van der Waals surface area (Å²) in [5.74, 6) is 1.38. The van der Waals surface area contributed by atoms with Gasteiger partial charge in [-0.3, -0.25) is 9.78 Å². The van der Waals surface area contributed by atoms with Crippen molar-refractivity contribution in [1.29, 1.82) is 5.26 Å². The first-order valence-corrected chi connectivity index (χ1v) is 10.4. The third-order valence-corrected chi connectivity index (χ3v) is 4.46. The molecule has 0 bridgehead atoms. The van der Waals surface area contributed by atoms with Crippen molar-refractivity contribution < 1.29 is 9.47 Å². The summed E-state index contributed by atoms with van der Waals surface area (Å²) in [4.78, 5) is 19.2. The van der Waals surface area contributed by atoms with Crippen LogP contribution in [0.3, 0.4) is 0 Å². The lowest BCUT2D eigenvalue weighted by atomic mass is 10.1. The molecule has 0 atom stereocenters. The highest BCUT2D eigenvalue weighted by molar-refractivity contribution is 5.81. The van der Waals surface area contributed by atoms with Crippen LogP contribution < -0.4 is 20.5 Å². The smallest absolute Gasteiger partial charge is 0.270 e. The van der Waals surface area contributed by atoms with Crippen LogP contribution in [0, 0.1) is 11.3 Å². The molecule has 0 saturated heterocycles. The number of anilines is 1. The molecule has 0 fully saturated rings. The average molecular weight is 444 g/mol. The number of allylic oxidation sites excluding steroid dienone is 1. The van der Waals surface area contributed by atoms with E-state index in [0.717, 1.165) is 5.56 Å². The van der Waals surface area contributed by atoms with Gasteiger partial charge in [-0.15, -0.1) is 0 Å². The van der Waals surface area contributed by atoms with Gasteiger partial charge in [0, 0.05) is 5.56 Å². The molecule has 2 N–H and O–H groups in total. The Labute approximate surface area is 192 Å². The fourth-order valence-electron chi connectivity index (χ4n) is 2.89. The van der Waals surface area contributed by atoms with Crippen LogP contribution in [-0.4, -0.2) is 29.4 Å². The van der Waals surface area contributed by atoms with Crippen LogP contribution in [0.2, 0.25) is 0 Å². The van der Waals surface area contributed by atoms with Crippen molar-refractivity contribution in [3.63, 3.8) is 0 Å². The molecule has 0 unspecified atom stereocenters. The minimum atomic E-state index is -0.541. The molecule has 1 heterocycles. The van der Waals surface area contributed by atoms with Crippen LogP contribution >= 0.6 is 0 Å². The first-order chi connectivity index (χ1) is 16.0. The number of nitriles is 1. The van der Waals surface area contributed by atoms with Crippen LogP contribution in [-0.2, 0) is 0 Å². The summed E-state index contributed by atoms with van der Waals surface area (Å²) in [6.07, 6.45) is 3.56. The molecule has 0 radical (unpaired) electrons. The first kappa shape index (κ1) is 23.3. The molecule has 0 saturated carbocycles. The number of hydrazone groups is 1. The Hall–Kier alpha value is -4.38. The zero-order valence-corrected chi connectivity index (χ0v) is 18.8. The lowest BCUT2D eigenvalue weighted by molar-refractivity contribution is 0.296. The van der Waals surface area contributed by atoms with E-state index in [1.807, 2.05) is 69.3 Å². The fourth-order valence-corrected chi connectivity index (χ4v) is 2.89. The number of hydrogen-bond donors (Lipinski definition) is 2. The van der Waals surface area contributed by atoms with Crippen molar-refractivity contribution in [3.8, 4) is 28.8 Å². The Bertz CT molecular complexity index is 1250. The van der Waals surface area contributed by atoms with Crippen molar-refractivity contribution in [2.75, 3.05) is 18.6 Å². The highest BCUT2D eigenvalue weighted by atomic mass is 16.5. The maximum atomic E-state index is 12.3. The van der Waals surface area contributed by atoms with Crippen LogP contribution in [0.5, 0.6) is 11.5 Å². The maximum absolute atomic E-state index is 12.3. The lowest BCUT2D eigenvalue weighted by Crippen LogP contribution is -2.16. The van der Waals surface area contributed by atoms with Gasteiger partial charge in [0.1, 0.15) is 18.2 Å². The van der Waals surface area contributed by atoms with E-state index in [1.165, 1.54) is 5.57 Å². The largest absolute Gasteiger partial charge is 0.490 e. The van der Waals surface area contributed by atoms with Crippen molar-refractivity contribution in [3.05, 3.63) is 81.7 Å². The van der Waals surface area contributed by atoms with Crippen LogP contribution in [0.15, 0.2) is 70.1 Å². The second kappa shape index (κ2) is 11.3. The summed E-state index contributed by atoms with van der Waals surface area (Å²) >= 11 is 0. The van der Waals surface area contributed by atoms with Crippen LogP contribution in [0.4, 0.5) is 5.95 Å². The second-order valence-electron chi connectivity index (χ2n) is 7.22. The van der Waals surface area contributed by atoms with E-state index in [4.69, 9.17) is 9.47 Å². The molecular formula is C25H25N5O3. The quantitative estimate of drug-likeness (QED) is 0.286. The number of aromatic nitrogens is 2. The summed E-state index contributed by atoms with van der Waals surface area (Å²) < 4.78 is 11.5. The van der Waals surface area contributed by atoms with Crippen molar-refractivity contribution >= 4 is 12.2 Å². The molecule has 1 aromatic heterocycles. The number of hydrogen-bond acceptors (Lipinski definition) is 7. The summed E-state index contributed by atoms with van der Waals surface area (Å²) in [5.41, 5.74) is 5.02. The predicted octanol–water partition coefficient (Wildman–Crippen LogP) is 4.50. The number of benzene rings is 2. The molecule has 0 amide bonds. The predicted molar refractivity (Wildman–Crippen MR) is 129 cm³/mol. The Kier molecular flexibility index (Phi) is 7.97. The molecule has 2 aromatic carbocycles. The van der Waals surface area contributed by atoms with E-state index in [9.17, 15) is 10.1 Å². The number of H-pyrrole nitrogens is 1. The Morgan fingerprint density at radius 1 is 1.18 bits per heavy atom. The summed E-state index contributed by atoms with van der Waals surface area (Å²) in [6.45, 7) is 6.88. The maximum Gasteiger partial charge on any atom is 0.270 e. The number of rotatable bonds is 9. The van der Waals surface area contributed by atoms with E-state index in [1.54, 1.807) is 18.3 Å². The standard InChI is InChI=1S/C25H25N5O3/c1-4-32-22-14-18(10-11-21(22)33-13-12-17(2)3)16-27-30-25-28-23(19-8-6-5-7-9-19)20(15-26)24(31)29-25/h5-12,14,16H,4,13H2,1-3H3,(H2,28,29,30,31). The zero-order valence-electron chi connectivity index (χ0n) is 18.8. The molecule has 3 aromatic rings. The fraction of sp³-hybridized carbons (Fsp3) is 0.200. The van der Waals surface area contributed by atoms with Crippen molar-refractivity contribution in [1.82, 2.24) is 9.97 Å². The normalized spacial score (nSPS) is 10.5. The molecule has 0 aliphatic carbocycles. The van der Waals surface area contributed by atoms with E-state index >= 15 is 0 Å². The summed E-state index contributed by atoms with van der Waals surface area (Å²) in [6, 6.07) is 16.4. The van der Waals surface area contributed by atoms with Crippen LogP contribution in [0.25, 0.3) is 11.3 Å². The highest BCUT2D eigenvalue weighted by Crippen LogP contribution is 2.28. The molecule has 0 aliphatic rings. The number of nitrogens with zero attached hydrogens (tertiary/aromatic N) is 3. The van der Waals surface area contributed by atoms with E-state index in [2.05, 4.69) is 20.5 Å². The third-order valence-electron chi connectivity index (χ3n) is 4.46. The van der Waals surface area contributed by atoms with Gasteiger partial charge in [0.25, 0.3) is 5.56 Å². The number of nitrogens with one attached hydrogen (secondary N) is 2. The Morgan fingerprint density at radius 3 is 2.67 bits per heavy atom. The molecule has 8 heteroatoms. The lowest BCUT2D eigenvalue weighted by Gasteiger charge is -2.11. The van der Waals surface area contributed by atoms with Gasteiger partial charge >= 0.3 is 0 Å². The van der Waals surface area contributed by atoms with Gasteiger partial charge < -0.3 is 9.47 Å². The molecule has 8 nitrogen and oxygen atoms in total. The van der Waals surface area contributed by atoms with Gasteiger partial charge in [0.05, 0.1) is 18.5 Å². The Balaban J connectivity index is 1.80. The third kappa shape index (κ3) is 6.31. The van der Waals surface area contributed by atoms with Crippen molar-refractivity contribution in [2.24, 2.45) is 5.10 Å². The van der Waals surface area contributed by atoms with E-state index < -0.39 is 5.56 Å². The number of ether oxygens (including phenoxy) is 2. The van der Waals surface area contributed by atoms with E-state index in [-0.39, 0.29) is 17.2 Å². The molecular weight excluding hydrogens is 418 g/mol. The van der Waals surface area contributed by atoms with Gasteiger partial charge in [-0.25, -0.2) is 10.4 Å². The first-order valence-electron chi connectivity index (χ1n) is 10.4. The molecule has 0 aliphatic heterocycles. The molecule has 0 spiro atoms. The average Bonchev–Trinajstić information content (AvgIpc) is 2.80. The van der Waals surface area contributed by atoms with Crippen LogP contribution in [0.1, 0.15) is 31.9 Å².